The second kappa shape index (κ2) is 3.79. The molecule has 1 aromatic rings. The minimum absolute atomic E-state index is 0.0563. The Kier molecular flexibility index (Phi) is 3.17. The predicted octanol–water partition coefficient (Wildman–Crippen LogP) is 2.01. The molecule has 1 nitrogen and oxygen atoms in total. The number of hydrogen-bond donors (Lipinski definition) is 1. The van der Waals surface area contributed by atoms with E-state index in [0.29, 0.717) is 5.56 Å². The van der Waals surface area contributed by atoms with Crippen molar-refractivity contribution in [3.63, 3.8) is 0 Å². The lowest BCUT2D eigenvalue weighted by molar-refractivity contribution is 0.281. The van der Waals surface area contributed by atoms with Crippen LogP contribution in [-0.4, -0.2) is 5.11 Å². The molecule has 0 saturated heterocycles. The molecule has 0 bridgehead atoms. The Balaban J connectivity index is 3.02. The van der Waals surface area contributed by atoms with Gasteiger partial charge in [-0.15, -0.1) is 0 Å². The first kappa shape index (κ1) is 10.1. The van der Waals surface area contributed by atoms with Crippen molar-refractivity contribution in [2.24, 2.45) is 0 Å². The Morgan fingerprint density at radius 1 is 1.42 bits per heavy atom. The summed E-state index contributed by atoms with van der Waals surface area (Å²) in [6, 6.07) is 6.80. The van der Waals surface area contributed by atoms with Crippen molar-refractivity contribution < 1.29 is 9.50 Å². The summed E-state index contributed by atoms with van der Waals surface area (Å²) < 4.78 is 13.3. The van der Waals surface area contributed by atoms with Gasteiger partial charge in [-0.05, 0) is 17.2 Å². The van der Waals surface area contributed by atoms with Crippen LogP contribution in [0.1, 0.15) is 11.1 Å². The molecule has 2 unspecified atom stereocenters. The average Bonchev–Trinajstić information content (AvgIpc) is 2.03. The Bertz CT molecular complexity index is 270. The van der Waals surface area contributed by atoms with E-state index in [1.165, 1.54) is 0 Å². The van der Waals surface area contributed by atoms with E-state index >= 15 is 0 Å². The number of hydrogen-bond acceptors (Lipinski definition) is 1. The molecular weight excluding hydrogens is 193 g/mol. The SMILES string of the molecule is OCc1cccc(C(F)(P)P)c1. The van der Waals surface area contributed by atoms with Crippen molar-refractivity contribution in [1.29, 1.82) is 0 Å². The molecule has 0 aliphatic heterocycles. The molecule has 4 heteroatoms. The summed E-state index contributed by atoms with van der Waals surface area (Å²) in [5, 5.41) is 7.30. The lowest BCUT2D eigenvalue weighted by Gasteiger charge is -2.14. The van der Waals surface area contributed by atoms with Gasteiger partial charge < -0.3 is 5.11 Å². The van der Waals surface area contributed by atoms with E-state index in [1.54, 1.807) is 24.3 Å². The predicted molar refractivity (Wildman–Crippen MR) is 54.6 cm³/mol. The lowest BCUT2D eigenvalue weighted by Crippen LogP contribution is -2.00. The largest absolute Gasteiger partial charge is 0.392 e. The Morgan fingerprint density at radius 3 is 2.58 bits per heavy atom. The van der Waals surface area contributed by atoms with E-state index in [1.807, 2.05) is 0 Å². The molecular formula is C8H11FOP2. The minimum Gasteiger partial charge on any atom is -0.392 e. The molecule has 1 aromatic carbocycles. The second-order valence-corrected chi connectivity index (χ2v) is 4.97. The van der Waals surface area contributed by atoms with Crippen LogP contribution in [0.3, 0.4) is 0 Å². The van der Waals surface area contributed by atoms with Crippen LogP contribution < -0.4 is 0 Å². The zero-order chi connectivity index (χ0) is 9.19. The number of aliphatic hydroxyl groups excluding tert-OH is 1. The van der Waals surface area contributed by atoms with Gasteiger partial charge in [-0.25, -0.2) is 4.39 Å². The highest BCUT2D eigenvalue weighted by Gasteiger charge is 2.18. The third kappa shape index (κ3) is 2.48. The number of aliphatic hydroxyl groups is 1. The first-order valence-electron chi connectivity index (χ1n) is 3.51. The average molecular weight is 204 g/mol. The van der Waals surface area contributed by atoms with E-state index in [-0.39, 0.29) is 6.61 Å². The van der Waals surface area contributed by atoms with Crippen molar-refractivity contribution in [2.75, 3.05) is 0 Å². The van der Waals surface area contributed by atoms with E-state index in [4.69, 9.17) is 5.11 Å². The highest BCUT2D eigenvalue weighted by atomic mass is 31.1. The van der Waals surface area contributed by atoms with Gasteiger partial charge in [0.15, 0.2) is 5.15 Å². The summed E-state index contributed by atoms with van der Waals surface area (Å²) in [5.41, 5.74) is 1.25. The number of alkyl halides is 1. The van der Waals surface area contributed by atoms with E-state index in [0.717, 1.165) is 5.56 Å². The van der Waals surface area contributed by atoms with E-state index in [2.05, 4.69) is 18.5 Å². The van der Waals surface area contributed by atoms with E-state index in [9.17, 15) is 4.39 Å². The van der Waals surface area contributed by atoms with Crippen molar-refractivity contribution in [1.82, 2.24) is 0 Å². The summed E-state index contributed by atoms with van der Waals surface area (Å²) >= 11 is 0. The van der Waals surface area contributed by atoms with Crippen LogP contribution in [0.15, 0.2) is 24.3 Å². The van der Waals surface area contributed by atoms with Crippen LogP contribution >= 0.6 is 18.5 Å². The summed E-state index contributed by atoms with van der Waals surface area (Å²) in [5.74, 6) is 0. The maximum Gasteiger partial charge on any atom is 0.160 e. The molecule has 1 N–H and O–H groups in total. The summed E-state index contributed by atoms with van der Waals surface area (Å²) in [7, 11) is 4.18. The highest BCUT2D eigenvalue weighted by Crippen LogP contribution is 2.39. The van der Waals surface area contributed by atoms with Crippen LogP contribution in [-0.2, 0) is 11.8 Å². The minimum atomic E-state index is -1.49. The van der Waals surface area contributed by atoms with Crippen molar-refractivity contribution in [3.8, 4) is 0 Å². The molecule has 0 saturated carbocycles. The zero-order valence-corrected chi connectivity index (χ0v) is 8.81. The Hall–Kier alpha value is -0.0300. The van der Waals surface area contributed by atoms with Crippen molar-refractivity contribution in [3.05, 3.63) is 35.4 Å². The molecule has 0 fully saturated rings. The number of rotatable bonds is 2. The third-order valence-electron chi connectivity index (χ3n) is 1.55. The molecule has 66 valence electrons. The number of halogens is 1. The molecule has 0 aliphatic carbocycles. The third-order valence-corrected chi connectivity index (χ3v) is 2.22. The van der Waals surface area contributed by atoms with Crippen LogP contribution in [0.25, 0.3) is 0 Å². The maximum absolute atomic E-state index is 13.3. The van der Waals surface area contributed by atoms with Gasteiger partial charge in [0.1, 0.15) is 0 Å². The zero-order valence-electron chi connectivity index (χ0n) is 6.50. The molecule has 0 heterocycles. The first-order valence-corrected chi connectivity index (χ1v) is 4.66. The molecule has 0 aromatic heterocycles. The summed E-state index contributed by atoms with van der Waals surface area (Å²) in [6.07, 6.45) is 0. The highest BCUT2D eigenvalue weighted by molar-refractivity contribution is 7.38. The lowest BCUT2D eigenvalue weighted by atomic mass is 10.1. The van der Waals surface area contributed by atoms with E-state index < -0.39 is 5.15 Å². The van der Waals surface area contributed by atoms with Gasteiger partial charge in [-0.2, -0.15) is 0 Å². The quantitative estimate of drug-likeness (QED) is 0.730. The van der Waals surface area contributed by atoms with Gasteiger partial charge >= 0.3 is 0 Å². The first-order chi connectivity index (χ1) is 5.54. The number of benzene rings is 1. The van der Waals surface area contributed by atoms with Gasteiger partial charge in [-0.3, -0.25) is 0 Å². The van der Waals surface area contributed by atoms with Crippen molar-refractivity contribution >= 4 is 18.5 Å². The topological polar surface area (TPSA) is 20.2 Å². The molecule has 0 amide bonds. The van der Waals surface area contributed by atoms with Gasteiger partial charge in [-0.1, -0.05) is 36.7 Å². The van der Waals surface area contributed by atoms with Crippen LogP contribution in [0.2, 0.25) is 0 Å². The fourth-order valence-electron chi connectivity index (χ4n) is 0.908. The van der Waals surface area contributed by atoms with Gasteiger partial charge in [0, 0.05) is 0 Å². The van der Waals surface area contributed by atoms with Crippen LogP contribution in [0.5, 0.6) is 0 Å². The fraction of sp³-hybridized carbons (Fsp3) is 0.250. The molecule has 2 atom stereocenters. The molecule has 1 rings (SSSR count). The monoisotopic (exact) mass is 204 g/mol. The summed E-state index contributed by atoms with van der Waals surface area (Å²) in [6.45, 7) is -0.0563. The molecule has 12 heavy (non-hydrogen) atoms. The molecule has 0 radical (unpaired) electrons. The van der Waals surface area contributed by atoms with Gasteiger partial charge in [0.25, 0.3) is 0 Å². The second-order valence-electron chi connectivity index (χ2n) is 2.63. The van der Waals surface area contributed by atoms with Crippen LogP contribution in [0.4, 0.5) is 4.39 Å². The Morgan fingerprint density at radius 2 is 2.08 bits per heavy atom. The van der Waals surface area contributed by atoms with Crippen LogP contribution in [0, 0.1) is 0 Å². The van der Waals surface area contributed by atoms with Crippen molar-refractivity contribution in [2.45, 2.75) is 11.8 Å². The molecule has 0 aliphatic rings. The van der Waals surface area contributed by atoms with Gasteiger partial charge in [0.05, 0.1) is 6.61 Å². The maximum atomic E-state index is 13.3. The molecule has 0 spiro atoms. The summed E-state index contributed by atoms with van der Waals surface area (Å²) in [4.78, 5) is 0. The normalized spacial score (nSPS) is 11.7. The smallest absolute Gasteiger partial charge is 0.160 e. The Labute approximate surface area is 75.8 Å². The fourth-order valence-corrected chi connectivity index (χ4v) is 1.27. The standard InChI is InChI=1S/C8H11FOP2/c9-8(11,12)7-3-1-2-6(4-7)5-10/h1-4,10H,5,11-12H2. The van der Waals surface area contributed by atoms with Gasteiger partial charge in [0.2, 0.25) is 0 Å².